The summed E-state index contributed by atoms with van der Waals surface area (Å²) in [7, 11) is 0. The summed E-state index contributed by atoms with van der Waals surface area (Å²) in [6, 6.07) is 8.71. The summed E-state index contributed by atoms with van der Waals surface area (Å²) in [5.41, 5.74) is 2.89. The van der Waals surface area contributed by atoms with E-state index in [0.717, 1.165) is 16.9 Å². The van der Waals surface area contributed by atoms with Crippen LogP contribution in [0.3, 0.4) is 0 Å². The third-order valence-electron chi connectivity index (χ3n) is 2.67. The molecule has 0 saturated carbocycles. The van der Waals surface area contributed by atoms with Gasteiger partial charge in [-0.25, -0.2) is 4.79 Å². The number of aryl methyl sites for hydroxylation is 1. The first-order valence-electron chi connectivity index (χ1n) is 5.74. The van der Waals surface area contributed by atoms with Gasteiger partial charge < -0.3 is 10.4 Å². The number of hydrogen-bond acceptors (Lipinski definition) is 3. The first kappa shape index (κ1) is 13.4. The van der Waals surface area contributed by atoms with Crippen LogP contribution in [-0.2, 0) is 6.54 Å². The van der Waals surface area contributed by atoms with Gasteiger partial charge in [-0.1, -0.05) is 17.7 Å². The van der Waals surface area contributed by atoms with Gasteiger partial charge in [0.2, 0.25) is 0 Å². The molecule has 2 aromatic rings. The summed E-state index contributed by atoms with van der Waals surface area (Å²) in [5, 5.41) is 12.3. The molecule has 1 heterocycles. The van der Waals surface area contributed by atoms with Crippen LogP contribution < -0.4 is 5.32 Å². The molecule has 0 atom stereocenters. The number of rotatable bonds is 4. The highest BCUT2D eigenvalue weighted by molar-refractivity contribution is 6.33. The van der Waals surface area contributed by atoms with Gasteiger partial charge in [-0.05, 0) is 36.8 Å². The summed E-state index contributed by atoms with van der Waals surface area (Å²) in [6.45, 7) is 2.54. The Morgan fingerprint density at radius 2 is 2.16 bits per heavy atom. The summed E-state index contributed by atoms with van der Waals surface area (Å²) in [4.78, 5) is 15.0. The molecule has 0 spiro atoms. The van der Waals surface area contributed by atoms with Gasteiger partial charge in [0.05, 0.1) is 10.6 Å². The monoisotopic (exact) mass is 276 g/mol. The summed E-state index contributed by atoms with van der Waals surface area (Å²) in [5.74, 6) is -1.03. The van der Waals surface area contributed by atoms with Crippen molar-refractivity contribution in [1.82, 2.24) is 4.98 Å². The molecule has 0 unspecified atom stereocenters. The van der Waals surface area contributed by atoms with Crippen molar-refractivity contribution < 1.29 is 9.90 Å². The SMILES string of the molecule is Cc1ccc(CNc2ccc(C(=O)O)c(Cl)c2)cn1. The Bertz CT molecular complexity index is 597. The highest BCUT2D eigenvalue weighted by Gasteiger charge is 2.08. The van der Waals surface area contributed by atoms with E-state index in [-0.39, 0.29) is 10.6 Å². The average Bonchev–Trinajstić information content (AvgIpc) is 2.37. The van der Waals surface area contributed by atoms with Crippen LogP contribution in [0.1, 0.15) is 21.6 Å². The zero-order valence-corrected chi connectivity index (χ0v) is 11.1. The van der Waals surface area contributed by atoms with Crippen LogP contribution in [-0.4, -0.2) is 16.1 Å². The molecule has 0 aliphatic rings. The van der Waals surface area contributed by atoms with Crippen molar-refractivity contribution in [3.05, 3.63) is 58.4 Å². The first-order valence-corrected chi connectivity index (χ1v) is 6.12. The molecule has 0 saturated heterocycles. The Morgan fingerprint density at radius 3 is 2.74 bits per heavy atom. The molecule has 2 N–H and O–H groups in total. The van der Waals surface area contributed by atoms with Crippen LogP contribution in [0, 0.1) is 6.92 Å². The lowest BCUT2D eigenvalue weighted by Crippen LogP contribution is -2.02. The number of hydrogen-bond donors (Lipinski definition) is 2. The fourth-order valence-electron chi connectivity index (χ4n) is 1.61. The van der Waals surface area contributed by atoms with E-state index in [2.05, 4.69) is 10.3 Å². The number of pyridine rings is 1. The van der Waals surface area contributed by atoms with E-state index in [4.69, 9.17) is 16.7 Å². The molecule has 19 heavy (non-hydrogen) atoms. The van der Waals surface area contributed by atoms with Gasteiger partial charge in [0.25, 0.3) is 0 Å². The third kappa shape index (κ3) is 3.45. The predicted octanol–water partition coefficient (Wildman–Crippen LogP) is 3.35. The van der Waals surface area contributed by atoms with Crippen molar-refractivity contribution in [1.29, 1.82) is 0 Å². The second-order valence-corrected chi connectivity index (χ2v) is 4.57. The number of nitrogens with one attached hydrogen (secondary N) is 1. The largest absolute Gasteiger partial charge is 0.478 e. The number of carbonyl (C=O) groups is 1. The number of benzene rings is 1. The molecule has 1 aromatic heterocycles. The number of carboxylic acid groups (broad SMARTS) is 1. The lowest BCUT2D eigenvalue weighted by Gasteiger charge is -2.08. The van der Waals surface area contributed by atoms with Crippen molar-refractivity contribution in [3.63, 3.8) is 0 Å². The van der Waals surface area contributed by atoms with E-state index in [1.807, 2.05) is 19.1 Å². The van der Waals surface area contributed by atoms with Gasteiger partial charge in [-0.15, -0.1) is 0 Å². The lowest BCUT2D eigenvalue weighted by atomic mass is 10.2. The zero-order chi connectivity index (χ0) is 13.8. The Balaban J connectivity index is 2.06. The minimum Gasteiger partial charge on any atom is -0.478 e. The third-order valence-corrected chi connectivity index (χ3v) is 2.98. The fourth-order valence-corrected chi connectivity index (χ4v) is 1.87. The maximum Gasteiger partial charge on any atom is 0.337 e. The maximum absolute atomic E-state index is 10.8. The second-order valence-electron chi connectivity index (χ2n) is 4.16. The maximum atomic E-state index is 10.8. The van der Waals surface area contributed by atoms with E-state index in [0.29, 0.717) is 6.54 Å². The summed E-state index contributed by atoms with van der Waals surface area (Å²) >= 11 is 5.89. The van der Waals surface area contributed by atoms with Crippen molar-refractivity contribution in [3.8, 4) is 0 Å². The highest BCUT2D eigenvalue weighted by Crippen LogP contribution is 2.21. The number of anilines is 1. The van der Waals surface area contributed by atoms with E-state index in [9.17, 15) is 4.79 Å². The lowest BCUT2D eigenvalue weighted by molar-refractivity contribution is 0.0697. The van der Waals surface area contributed by atoms with Crippen LogP contribution in [0.2, 0.25) is 5.02 Å². The Kier molecular flexibility index (Phi) is 4.02. The van der Waals surface area contributed by atoms with Crippen molar-refractivity contribution >= 4 is 23.3 Å². The van der Waals surface area contributed by atoms with Crippen LogP contribution in [0.5, 0.6) is 0 Å². The fraction of sp³-hybridized carbons (Fsp3) is 0.143. The molecule has 0 radical (unpaired) electrons. The quantitative estimate of drug-likeness (QED) is 0.899. The van der Waals surface area contributed by atoms with Crippen LogP contribution >= 0.6 is 11.6 Å². The molecule has 0 aliphatic heterocycles. The topological polar surface area (TPSA) is 62.2 Å². The Hall–Kier alpha value is -2.07. The van der Waals surface area contributed by atoms with Gasteiger partial charge >= 0.3 is 5.97 Å². The molecular weight excluding hydrogens is 264 g/mol. The summed E-state index contributed by atoms with van der Waals surface area (Å²) < 4.78 is 0. The van der Waals surface area contributed by atoms with Crippen LogP contribution in [0.15, 0.2) is 36.5 Å². The Morgan fingerprint density at radius 1 is 1.37 bits per heavy atom. The van der Waals surface area contributed by atoms with Crippen LogP contribution in [0.25, 0.3) is 0 Å². The second kappa shape index (κ2) is 5.71. The van der Waals surface area contributed by atoms with Gasteiger partial charge in [0.1, 0.15) is 0 Å². The summed E-state index contributed by atoms with van der Waals surface area (Å²) in [6.07, 6.45) is 1.80. The van der Waals surface area contributed by atoms with Crippen molar-refractivity contribution in [2.24, 2.45) is 0 Å². The zero-order valence-electron chi connectivity index (χ0n) is 10.4. The molecule has 0 aliphatic carbocycles. The van der Waals surface area contributed by atoms with E-state index >= 15 is 0 Å². The van der Waals surface area contributed by atoms with E-state index < -0.39 is 5.97 Å². The predicted molar refractivity (Wildman–Crippen MR) is 74.7 cm³/mol. The molecular formula is C14H13ClN2O2. The normalized spacial score (nSPS) is 10.2. The molecule has 2 rings (SSSR count). The number of halogens is 1. The average molecular weight is 277 g/mol. The van der Waals surface area contributed by atoms with Gasteiger partial charge in [0, 0.05) is 24.1 Å². The van der Waals surface area contributed by atoms with Crippen molar-refractivity contribution in [2.75, 3.05) is 5.32 Å². The van der Waals surface area contributed by atoms with E-state index in [1.165, 1.54) is 6.07 Å². The number of carboxylic acids is 1. The van der Waals surface area contributed by atoms with Crippen molar-refractivity contribution in [2.45, 2.75) is 13.5 Å². The molecule has 5 heteroatoms. The molecule has 98 valence electrons. The first-order chi connectivity index (χ1) is 9.06. The number of aromatic carboxylic acids is 1. The standard InChI is InChI=1S/C14H13ClN2O2/c1-9-2-3-10(7-16-9)8-17-11-4-5-12(14(18)19)13(15)6-11/h2-7,17H,8H2,1H3,(H,18,19). The molecule has 4 nitrogen and oxygen atoms in total. The molecule has 0 fully saturated rings. The molecule has 1 aromatic carbocycles. The molecule has 0 bridgehead atoms. The number of nitrogens with zero attached hydrogens (tertiary/aromatic N) is 1. The number of aromatic nitrogens is 1. The molecule has 0 amide bonds. The van der Waals surface area contributed by atoms with Crippen LogP contribution in [0.4, 0.5) is 5.69 Å². The minimum absolute atomic E-state index is 0.101. The van der Waals surface area contributed by atoms with Gasteiger partial charge in [-0.3, -0.25) is 4.98 Å². The van der Waals surface area contributed by atoms with Gasteiger partial charge in [-0.2, -0.15) is 0 Å². The van der Waals surface area contributed by atoms with E-state index in [1.54, 1.807) is 18.3 Å². The smallest absolute Gasteiger partial charge is 0.337 e. The highest BCUT2D eigenvalue weighted by atomic mass is 35.5. The Labute approximate surface area is 116 Å². The van der Waals surface area contributed by atoms with Gasteiger partial charge in [0.15, 0.2) is 0 Å². The minimum atomic E-state index is -1.03.